The van der Waals surface area contributed by atoms with E-state index in [1.54, 1.807) is 22.8 Å². The number of hydrogen-bond donors (Lipinski definition) is 1. The Morgan fingerprint density at radius 1 is 1.24 bits per heavy atom. The van der Waals surface area contributed by atoms with Crippen LogP contribution in [0, 0.1) is 0 Å². The van der Waals surface area contributed by atoms with E-state index in [1.165, 1.54) is 12.3 Å². The van der Waals surface area contributed by atoms with E-state index in [0.717, 1.165) is 0 Å². The number of pyridine rings is 1. The molecule has 0 aliphatic carbocycles. The fourth-order valence-corrected chi connectivity index (χ4v) is 2.39. The average molecular weight is 347 g/mol. The number of carbonyl (C=O) groups is 1. The van der Waals surface area contributed by atoms with Crippen LogP contribution in [-0.2, 0) is 6.54 Å². The zero-order chi connectivity index (χ0) is 15.6. The minimum Gasteiger partial charge on any atom is -0.477 e. The Labute approximate surface area is 135 Å². The van der Waals surface area contributed by atoms with E-state index >= 15 is 0 Å². The van der Waals surface area contributed by atoms with Crippen molar-refractivity contribution in [2.24, 2.45) is 0 Å². The molecule has 4 nitrogen and oxygen atoms in total. The number of aromatic nitrogens is 1. The SMILES string of the molecule is O=C(O)c1cn(C/C=C/CCl)c2cc(Cl)c(Cl)cc2c1=O. The summed E-state index contributed by atoms with van der Waals surface area (Å²) in [5, 5.41) is 9.84. The molecule has 21 heavy (non-hydrogen) atoms. The second-order valence-electron chi connectivity index (χ2n) is 4.24. The molecular weight excluding hydrogens is 337 g/mol. The molecule has 0 unspecified atom stereocenters. The molecule has 1 N–H and O–H groups in total. The highest BCUT2D eigenvalue weighted by molar-refractivity contribution is 6.42. The lowest BCUT2D eigenvalue weighted by molar-refractivity contribution is 0.0695. The highest BCUT2D eigenvalue weighted by Gasteiger charge is 2.15. The highest BCUT2D eigenvalue weighted by atomic mass is 35.5. The van der Waals surface area contributed by atoms with Crippen molar-refractivity contribution in [3.63, 3.8) is 0 Å². The van der Waals surface area contributed by atoms with Gasteiger partial charge in [0.25, 0.3) is 0 Å². The third-order valence-corrected chi connectivity index (χ3v) is 3.81. The second kappa shape index (κ2) is 6.52. The van der Waals surface area contributed by atoms with Gasteiger partial charge in [-0.05, 0) is 12.1 Å². The fourth-order valence-electron chi connectivity index (χ4n) is 1.94. The van der Waals surface area contributed by atoms with E-state index in [0.29, 0.717) is 23.0 Å². The first-order valence-electron chi connectivity index (χ1n) is 5.92. The van der Waals surface area contributed by atoms with Crippen LogP contribution in [0.2, 0.25) is 10.0 Å². The molecule has 0 amide bonds. The van der Waals surface area contributed by atoms with E-state index < -0.39 is 11.4 Å². The second-order valence-corrected chi connectivity index (χ2v) is 5.36. The molecule has 1 aromatic heterocycles. The van der Waals surface area contributed by atoms with Crippen molar-refractivity contribution >= 4 is 51.7 Å². The Morgan fingerprint density at radius 2 is 1.90 bits per heavy atom. The van der Waals surface area contributed by atoms with Gasteiger partial charge in [-0.15, -0.1) is 11.6 Å². The van der Waals surface area contributed by atoms with Gasteiger partial charge >= 0.3 is 5.97 Å². The topological polar surface area (TPSA) is 59.3 Å². The first-order valence-corrected chi connectivity index (χ1v) is 7.21. The summed E-state index contributed by atoms with van der Waals surface area (Å²) in [5.41, 5.74) is -0.396. The van der Waals surface area contributed by atoms with Gasteiger partial charge in [-0.3, -0.25) is 4.79 Å². The first kappa shape index (κ1) is 15.9. The monoisotopic (exact) mass is 345 g/mol. The van der Waals surface area contributed by atoms with Crippen LogP contribution in [0.15, 0.2) is 35.3 Å². The molecule has 0 atom stereocenters. The number of nitrogens with zero attached hydrogens (tertiary/aromatic N) is 1. The molecule has 1 aromatic carbocycles. The van der Waals surface area contributed by atoms with Crippen LogP contribution in [0.1, 0.15) is 10.4 Å². The molecule has 0 spiro atoms. The summed E-state index contributed by atoms with van der Waals surface area (Å²) in [7, 11) is 0. The summed E-state index contributed by atoms with van der Waals surface area (Å²) in [4.78, 5) is 23.4. The minimum atomic E-state index is -1.29. The van der Waals surface area contributed by atoms with Crippen molar-refractivity contribution in [3.05, 3.63) is 56.3 Å². The van der Waals surface area contributed by atoms with Gasteiger partial charge in [0.05, 0.1) is 15.6 Å². The van der Waals surface area contributed by atoms with Crippen LogP contribution in [0.3, 0.4) is 0 Å². The van der Waals surface area contributed by atoms with Crippen molar-refractivity contribution in [1.29, 1.82) is 0 Å². The summed E-state index contributed by atoms with van der Waals surface area (Å²) < 4.78 is 1.62. The average Bonchev–Trinajstić information content (AvgIpc) is 2.43. The van der Waals surface area contributed by atoms with Gasteiger partial charge in [0.1, 0.15) is 5.56 Å². The molecule has 0 saturated carbocycles. The van der Waals surface area contributed by atoms with E-state index in [2.05, 4.69) is 0 Å². The quantitative estimate of drug-likeness (QED) is 0.676. The predicted molar refractivity (Wildman–Crippen MR) is 85.0 cm³/mol. The molecule has 2 rings (SSSR count). The van der Waals surface area contributed by atoms with Gasteiger partial charge < -0.3 is 9.67 Å². The molecule has 7 heteroatoms. The molecule has 0 fully saturated rings. The maximum absolute atomic E-state index is 12.2. The van der Waals surface area contributed by atoms with Crippen LogP contribution < -0.4 is 5.43 Å². The van der Waals surface area contributed by atoms with Crippen LogP contribution in [-0.4, -0.2) is 21.5 Å². The maximum atomic E-state index is 12.2. The number of aromatic carboxylic acids is 1. The summed E-state index contributed by atoms with van der Waals surface area (Å²) in [6.45, 7) is 0.363. The summed E-state index contributed by atoms with van der Waals surface area (Å²) in [6, 6.07) is 2.93. The Kier molecular flexibility index (Phi) is 4.93. The molecule has 1 heterocycles. The van der Waals surface area contributed by atoms with Crippen LogP contribution >= 0.6 is 34.8 Å². The molecule has 0 saturated heterocycles. The van der Waals surface area contributed by atoms with Crippen LogP contribution in [0.5, 0.6) is 0 Å². The lowest BCUT2D eigenvalue weighted by Crippen LogP contribution is -2.18. The number of fused-ring (bicyclic) bond motifs is 1. The Bertz CT molecular complexity index is 796. The van der Waals surface area contributed by atoms with Gasteiger partial charge in [0.15, 0.2) is 0 Å². The van der Waals surface area contributed by atoms with Crippen molar-refractivity contribution in [1.82, 2.24) is 4.57 Å². The van der Waals surface area contributed by atoms with Gasteiger partial charge in [-0.25, -0.2) is 4.79 Å². The molecule has 110 valence electrons. The highest BCUT2D eigenvalue weighted by Crippen LogP contribution is 2.26. The number of alkyl halides is 1. The van der Waals surface area contributed by atoms with Gasteiger partial charge in [0, 0.05) is 24.0 Å². The lowest BCUT2D eigenvalue weighted by Gasteiger charge is -2.11. The Morgan fingerprint density at radius 3 is 2.52 bits per heavy atom. The number of benzene rings is 1. The molecular formula is C14H10Cl3NO3. The number of carboxylic acid groups (broad SMARTS) is 1. The Hall–Kier alpha value is -1.49. The van der Waals surface area contributed by atoms with Gasteiger partial charge in [-0.1, -0.05) is 35.4 Å². The number of carboxylic acids is 1. The number of allylic oxidation sites excluding steroid dienone is 2. The third kappa shape index (κ3) is 3.23. The largest absolute Gasteiger partial charge is 0.477 e. The van der Waals surface area contributed by atoms with E-state index in [9.17, 15) is 9.59 Å². The molecule has 0 radical (unpaired) electrons. The Balaban J connectivity index is 2.78. The van der Waals surface area contributed by atoms with Crippen molar-refractivity contribution in [3.8, 4) is 0 Å². The van der Waals surface area contributed by atoms with Gasteiger partial charge in [0.2, 0.25) is 5.43 Å². The summed E-state index contributed by atoms with van der Waals surface area (Å²) in [6.07, 6.45) is 4.78. The third-order valence-electron chi connectivity index (χ3n) is 2.91. The zero-order valence-corrected chi connectivity index (χ0v) is 12.9. The van der Waals surface area contributed by atoms with Gasteiger partial charge in [-0.2, -0.15) is 0 Å². The summed E-state index contributed by atoms with van der Waals surface area (Å²) in [5.74, 6) is -0.945. The van der Waals surface area contributed by atoms with E-state index in [1.807, 2.05) is 0 Å². The lowest BCUT2D eigenvalue weighted by atomic mass is 10.1. The van der Waals surface area contributed by atoms with Crippen molar-refractivity contribution in [2.75, 3.05) is 5.88 Å². The maximum Gasteiger partial charge on any atom is 0.341 e. The van der Waals surface area contributed by atoms with Crippen molar-refractivity contribution < 1.29 is 9.90 Å². The molecule has 0 bridgehead atoms. The molecule has 0 aliphatic heterocycles. The zero-order valence-electron chi connectivity index (χ0n) is 10.6. The van der Waals surface area contributed by atoms with E-state index in [-0.39, 0.29) is 16.0 Å². The summed E-state index contributed by atoms with van der Waals surface area (Å²) >= 11 is 17.4. The fraction of sp³-hybridized carbons (Fsp3) is 0.143. The molecule has 0 aliphatic rings. The number of halogens is 3. The van der Waals surface area contributed by atoms with E-state index in [4.69, 9.17) is 39.9 Å². The smallest absolute Gasteiger partial charge is 0.341 e. The number of rotatable bonds is 4. The predicted octanol–water partition coefficient (Wildman–Crippen LogP) is 3.80. The molecule has 2 aromatic rings. The normalized spacial score (nSPS) is 11.4. The first-order chi connectivity index (χ1) is 9.95. The van der Waals surface area contributed by atoms with Crippen LogP contribution in [0.25, 0.3) is 10.9 Å². The minimum absolute atomic E-state index is 0.201. The van der Waals surface area contributed by atoms with Crippen molar-refractivity contribution in [2.45, 2.75) is 6.54 Å². The number of hydrogen-bond acceptors (Lipinski definition) is 2. The standard InChI is InChI=1S/C14H10Cl3NO3/c15-3-1-2-4-18-7-9(14(20)21)13(19)8-5-10(16)11(17)6-12(8)18/h1-2,5-7H,3-4H2,(H,20,21)/b2-1+. The van der Waals surface area contributed by atoms with Crippen LogP contribution in [0.4, 0.5) is 0 Å².